The molecule has 70 valence electrons. The number of carbonyl (C=O) groups excluding carboxylic acids is 1. The molecule has 0 saturated heterocycles. The molecule has 13 heavy (non-hydrogen) atoms. The quantitative estimate of drug-likeness (QED) is 0.667. The van der Waals surface area contributed by atoms with Gasteiger partial charge in [-0.25, -0.2) is 0 Å². The maximum absolute atomic E-state index is 11.5. The van der Waals surface area contributed by atoms with Crippen LogP contribution in [0.2, 0.25) is 0 Å². The number of benzene rings is 1. The third-order valence-corrected chi connectivity index (χ3v) is 1.88. The zero-order valence-electron chi connectivity index (χ0n) is 7.47. The van der Waals surface area contributed by atoms with Crippen molar-refractivity contribution in [3.63, 3.8) is 0 Å². The van der Waals surface area contributed by atoms with Crippen LogP contribution in [0.3, 0.4) is 0 Å². The highest BCUT2D eigenvalue weighted by Gasteiger charge is 2.19. The van der Waals surface area contributed by atoms with Gasteiger partial charge in [0.15, 0.2) is 5.78 Å². The first-order valence-electron chi connectivity index (χ1n) is 4.16. The summed E-state index contributed by atoms with van der Waals surface area (Å²) in [4.78, 5) is 11.5. The number of hydrogen-bond donors (Lipinski definition) is 2. The molecule has 1 aromatic rings. The number of hydrogen-bond acceptors (Lipinski definition) is 3. The van der Waals surface area contributed by atoms with Crippen LogP contribution in [0.15, 0.2) is 30.3 Å². The molecule has 0 aliphatic heterocycles. The zero-order valence-corrected chi connectivity index (χ0v) is 7.47. The summed E-state index contributed by atoms with van der Waals surface area (Å²) in [7, 11) is 0. The van der Waals surface area contributed by atoms with Gasteiger partial charge in [-0.2, -0.15) is 0 Å². The average molecular weight is 179 g/mol. The predicted octanol–water partition coefficient (Wildman–Crippen LogP) is 0.577. The van der Waals surface area contributed by atoms with Crippen molar-refractivity contribution in [2.45, 2.75) is 19.1 Å². The van der Waals surface area contributed by atoms with Gasteiger partial charge in [-0.05, 0) is 6.92 Å². The molecular weight excluding hydrogens is 166 g/mol. The largest absolute Gasteiger partial charge is 0.391 e. The SMILES string of the molecule is C[C@H](O)[C@H](N)C(=O)c1ccccc1. The van der Waals surface area contributed by atoms with E-state index in [-0.39, 0.29) is 5.78 Å². The van der Waals surface area contributed by atoms with E-state index in [1.165, 1.54) is 6.92 Å². The van der Waals surface area contributed by atoms with Crippen molar-refractivity contribution in [1.82, 2.24) is 0 Å². The highest BCUT2D eigenvalue weighted by atomic mass is 16.3. The van der Waals surface area contributed by atoms with E-state index in [2.05, 4.69) is 0 Å². The minimum absolute atomic E-state index is 0.226. The second-order valence-corrected chi connectivity index (χ2v) is 3.00. The molecule has 2 atom stereocenters. The van der Waals surface area contributed by atoms with E-state index in [0.29, 0.717) is 5.56 Å². The number of aliphatic hydroxyl groups excluding tert-OH is 1. The van der Waals surface area contributed by atoms with E-state index >= 15 is 0 Å². The second-order valence-electron chi connectivity index (χ2n) is 3.00. The van der Waals surface area contributed by atoms with E-state index in [1.807, 2.05) is 6.07 Å². The van der Waals surface area contributed by atoms with Gasteiger partial charge in [-0.1, -0.05) is 30.3 Å². The van der Waals surface area contributed by atoms with Crippen molar-refractivity contribution in [3.8, 4) is 0 Å². The molecule has 1 aromatic carbocycles. The van der Waals surface area contributed by atoms with Crippen LogP contribution in [-0.4, -0.2) is 23.0 Å². The molecule has 3 heteroatoms. The minimum Gasteiger partial charge on any atom is -0.391 e. The van der Waals surface area contributed by atoms with Crippen LogP contribution in [-0.2, 0) is 0 Å². The van der Waals surface area contributed by atoms with Gasteiger partial charge in [0.1, 0.15) is 0 Å². The minimum atomic E-state index is -0.831. The molecular formula is C10H13NO2. The number of nitrogens with two attached hydrogens (primary N) is 1. The summed E-state index contributed by atoms with van der Waals surface area (Å²) in [5.74, 6) is -0.226. The van der Waals surface area contributed by atoms with Crippen LogP contribution in [0.1, 0.15) is 17.3 Å². The Morgan fingerprint density at radius 3 is 2.38 bits per heavy atom. The lowest BCUT2D eigenvalue weighted by Crippen LogP contribution is -2.40. The van der Waals surface area contributed by atoms with Crippen molar-refractivity contribution >= 4 is 5.78 Å². The lowest BCUT2D eigenvalue weighted by molar-refractivity contribution is 0.0847. The van der Waals surface area contributed by atoms with E-state index in [9.17, 15) is 4.79 Å². The molecule has 0 saturated carbocycles. The molecule has 3 nitrogen and oxygen atoms in total. The number of aliphatic hydroxyl groups is 1. The zero-order chi connectivity index (χ0) is 9.84. The van der Waals surface area contributed by atoms with Crippen LogP contribution >= 0.6 is 0 Å². The molecule has 1 rings (SSSR count). The Labute approximate surface area is 77.2 Å². The molecule has 0 aliphatic carbocycles. The summed E-state index contributed by atoms with van der Waals surface area (Å²) < 4.78 is 0. The number of rotatable bonds is 3. The lowest BCUT2D eigenvalue weighted by atomic mass is 10.0. The maximum atomic E-state index is 11.5. The Balaban J connectivity index is 2.80. The van der Waals surface area contributed by atoms with Gasteiger partial charge in [0.05, 0.1) is 12.1 Å². The third-order valence-electron chi connectivity index (χ3n) is 1.88. The summed E-state index contributed by atoms with van der Waals surface area (Å²) in [5.41, 5.74) is 6.03. The molecule has 0 aromatic heterocycles. The van der Waals surface area contributed by atoms with Crippen LogP contribution in [0.25, 0.3) is 0 Å². The highest BCUT2D eigenvalue weighted by Crippen LogP contribution is 2.04. The van der Waals surface area contributed by atoms with Crippen molar-refractivity contribution in [2.75, 3.05) is 0 Å². The van der Waals surface area contributed by atoms with Crippen molar-refractivity contribution < 1.29 is 9.90 Å². The highest BCUT2D eigenvalue weighted by molar-refractivity contribution is 6.00. The Bertz CT molecular complexity index is 282. The van der Waals surface area contributed by atoms with Gasteiger partial charge in [0.2, 0.25) is 0 Å². The predicted molar refractivity (Wildman–Crippen MR) is 50.4 cm³/mol. The molecule has 0 heterocycles. The molecule has 0 unspecified atom stereocenters. The third kappa shape index (κ3) is 2.37. The fourth-order valence-electron chi connectivity index (χ4n) is 1.01. The summed E-state index contributed by atoms with van der Waals surface area (Å²) in [5, 5.41) is 9.11. The van der Waals surface area contributed by atoms with Gasteiger partial charge in [-0.15, -0.1) is 0 Å². The van der Waals surface area contributed by atoms with Gasteiger partial charge in [0, 0.05) is 5.56 Å². The molecule has 0 fully saturated rings. The monoisotopic (exact) mass is 179 g/mol. The number of Topliss-reactive ketones (excluding diaryl/α,β-unsaturated/α-hetero) is 1. The van der Waals surface area contributed by atoms with E-state index in [4.69, 9.17) is 10.8 Å². The Hall–Kier alpha value is -1.19. The molecule has 0 amide bonds. The Morgan fingerprint density at radius 2 is 1.92 bits per heavy atom. The number of ketones is 1. The fraction of sp³-hybridized carbons (Fsp3) is 0.300. The molecule has 0 radical (unpaired) electrons. The second kappa shape index (κ2) is 4.16. The molecule has 0 bridgehead atoms. The Morgan fingerprint density at radius 1 is 1.38 bits per heavy atom. The first kappa shape index (κ1) is 9.89. The van der Waals surface area contributed by atoms with Crippen LogP contribution in [0, 0.1) is 0 Å². The fourth-order valence-corrected chi connectivity index (χ4v) is 1.01. The number of carbonyl (C=O) groups is 1. The first-order chi connectivity index (χ1) is 6.13. The normalized spacial score (nSPS) is 15.0. The van der Waals surface area contributed by atoms with E-state index < -0.39 is 12.1 Å². The average Bonchev–Trinajstić information content (AvgIpc) is 2.17. The summed E-state index contributed by atoms with van der Waals surface area (Å²) in [6, 6.07) is 7.89. The molecule has 0 spiro atoms. The lowest BCUT2D eigenvalue weighted by Gasteiger charge is -2.12. The smallest absolute Gasteiger partial charge is 0.182 e. The maximum Gasteiger partial charge on any atom is 0.182 e. The summed E-state index contributed by atoms with van der Waals surface area (Å²) >= 11 is 0. The van der Waals surface area contributed by atoms with Crippen LogP contribution < -0.4 is 5.73 Å². The summed E-state index contributed by atoms with van der Waals surface area (Å²) in [6.45, 7) is 1.51. The van der Waals surface area contributed by atoms with Gasteiger partial charge in [-0.3, -0.25) is 4.79 Å². The van der Waals surface area contributed by atoms with Gasteiger partial charge >= 0.3 is 0 Å². The topological polar surface area (TPSA) is 63.3 Å². The first-order valence-corrected chi connectivity index (χ1v) is 4.16. The van der Waals surface area contributed by atoms with Gasteiger partial charge < -0.3 is 10.8 Å². The molecule has 0 aliphatic rings. The molecule has 3 N–H and O–H groups in total. The van der Waals surface area contributed by atoms with Crippen molar-refractivity contribution in [1.29, 1.82) is 0 Å². The summed E-state index contributed by atoms with van der Waals surface area (Å²) in [6.07, 6.45) is -0.812. The van der Waals surface area contributed by atoms with Crippen LogP contribution in [0.4, 0.5) is 0 Å². The van der Waals surface area contributed by atoms with E-state index in [0.717, 1.165) is 0 Å². The van der Waals surface area contributed by atoms with Gasteiger partial charge in [0.25, 0.3) is 0 Å². The standard InChI is InChI=1S/C10H13NO2/c1-7(12)9(11)10(13)8-5-3-2-4-6-8/h2-7,9,12H,11H2,1H3/t7-,9-/m0/s1. The Kier molecular flexibility index (Phi) is 3.17. The van der Waals surface area contributed by atoms with Crippen LogP contribution in [0.5, 0.6) is 0 Å². The van der Waals surface area contributed by atoms with Crippen molar-refractivity contribution in [2.24, 2.45) is 5.73 Å². The van der Waals surface area contributed by atoms with E-state index in [1.54, 1.807) is 24.3 Å². The van der Waals surface area contributed by atoms with Crippen molar-refractivity contribution in [3.05, 3.63) is 35.9 Å².